The summed E-state index contributed by atoms with van der Waals surface area (Å²) < 4.78 is 0. The highest BCUT2D eigenvalue weighted by Crippen LogP contribution is 2.26. The van der Waals surface area contributed by atoms with Crippen molar-refractivity contribution in [3.05, 3.63) is 35.9 Å². The van der Waals surface area contributed by atoms with Gasteiger partial charge < -0.3 is 0 Å². The van der Waals surface area contributed by atoms with Crippen LogP contribution in [0.2, 0.25) is 0 Å². The van der Waals surface area contributed by atoms with Gasteiger partial charge in [0, 0.05) is 5.71 Å². The smallest absolute Gasteiger partial charge is 0.289 e. The second-order valence-corrected chi connectivity index (χ2v) is 5.84. The van der Waals surface area contributed by atoms with Gasteiger partial charge in [-0.1, -0.05) is 37.3 Å². The molecule has 3 rings (SSSR count). The quantitative estimate of drug-likeness (QED) is 0.666. The number of aliphatic imine (C=N–C) groups is 1. The van der Waals surface area contributed by atoms with Gasteiger partial charge in [-0.25, -0.2) is 4.79 Å². The summed E-state index contributed by atoms with van der Waals surface area (Å²) in [6, 6.07) is 8.79. The number of nitrogens with one attached hydrogen (secondary N) is 1. The lowest BCUT2D eigenvalue weighted by Gasteiger charge is -2.30. The third kappa shape index (κ3) is 3.31. The molecule has 1 saturated carbocycles. The molecule has 6 nitrogen and oxygen atoms in total. The summed E-state index contributed by atoms with van der Waals surface area (Å²) in [4.78, 5) is 42.5. The van der Waals surface area contributed by atoms with Crippen LogP contribution < -0.4 is 5.32 Å². The molecule has 1 unspecified atom stereocenters. The number of imide groups is 2. The number of benzene rings is 1. The van der Waals surface area contributed by atoms with Crippen LogP contribution in [0.5, 0.6) is 0 Å². The first-order chi connectivity index (χ1) is 11.1. The molecule has 1 aliphatic carbocycles. The number of carbonyl (C=O) groups is 3. The van der Waals surface area contributed by atoms with Crippen LogP contribution in [-0.2, 0) is 16.1 Å². The Morgan fingerprint density at radius 3 is 2.52 bits per heavy atom. The van der Waals surface area contributed by atoms with Crippen LogP contribution in [0, 0.1) is 5.92 Å². The van der Waals surface area contributed by atoms with Crippen LogP contribution in [0.4, 0.5) is 4.79 Å². The fraction of sp³-hybridized carbons (Fsp3) is 0.412. The summed E-state index contributed by atoms with van der Waals surface area (Å²) in [5.41, 5.74) is 1.40. The van der Waals surface area contributed by atoms with Crippen LogP contribution >= 0.6 is 0 Å². The number of carbonyl (C=O) groups excluding carboxylic acids is 3. The lowest BCUT2D eigenvalue weighted by molar-refractivity contribution is -0.139. The summed E-state index contributed by atoms with van der Waals surface area (Å²) in [6.07, 6.45) is 2.52. The number of barbiturate groups is 1. The average Bonchev–Trinajstić information content (AvgIpc) is 3.35. The summed E-state index contributed by atoms with van der Waals surface area (Å²) in [7, 11) is 0. The van der Waals surface area contributed by atoms with Crippen LogP contribution in [0.1, 0.15) is 31.7 Å². The van der Waals surface area contributed by atoms with E-state index < -0.39 is 23.8 Å². The molecule has 0 radical (unpaired) electrons. The molecule has 1 aromatic rings. The maximum Gasteiger partial charge on any atom is 0.331 e. The van der Waals surface area contributed by atoms with Crippen molar-refractivity contribution in [2.24, 2.45) is 10.9 Å². The van der Waals surface area contributed by atoms with Gasteiger partial charge in [0.25, 0.3) is 0 Å². The molecule has 1 aromatic carbocycles. The summed E-state index contributed by atoms with van der Waals surface area (Å²) in [5.74, 6) is -2.03. The van der Waals surface area contributed by atoms with Crippen LogP contribution in [-0.4, -0.2) is 34.5 Å². The van der Waals surface area contributed by atoms with Crippen molar-refractivity contribution in [3.63, 3.8) is 0 Å². The molecule has 2 fully saturated rings. The van der Waals surface area contributed by atoms with Crippen molar-refractivity contribution in [2.45, 2.75) is 38.8 Å². The Bertz CT molecular complexity index is 665. The molecule has 2 aliphatic rings. The molecule has 6 heteroatoms. The predicted octanol–water partition coefficient (Wildman–Crippen LogP) is 1.89. The van der Waals surface area contributed by atoms with Crippen LogP contribution in [0.15, 0.2) is 35.3 Å². The minimum absolute atomic E-state index is 0.149. The molecule has 23 heavy (non-hydrogen) atoms. The average molecular weight is 313 g/mol. The molecule has 4 amide bonds. The first kappa shape index (κ1) is 15.4. The normalized spacial score (nSPS) is 22.3. The highest BCUT2D eigenvalue weighted by Gasteiger charge is 2.43. The van der Waals surface area contributed by atoms with Gasteiger partial charge in [0.05, 0.1) is 12.6 Å². The highest BCUT2D eigenvalue weighted by atomic mass is 16.2. The Labute approximate surface area is 134 Å². The fourth-order valence-corrected chi connectivity index (χ4v) is 2.63. The molecule has 1 N–H and O–H groups in total. The zero-order valence-corrected chi connectivity index (χ0v) is 13.0. The molecule has 120 valence electrons. The van der Waals surface area contributed by atoms with Gasteiger partial charge in [-0.3, -0.25) is 24.8 Å². The fourth-order valence-electron chi connectivity index (χ4n) is 2.63. The maximum atomic E-state index is 12.7. The molecule has 1 aliphatic heterocycles. The second-order valence-electron chi connectivity index (χ2n) is 5.84. The minimum Gasteiger partial charge on any atom is -0.289 e. The molecule has 1 saturated heterocycles. The standard InChI is InChI=1S/C17H19N3O3/c1-2-13(18-12-8-9-12)14-15(21)19-17(23)20(16(14)22)10-11-6-4-3-5-7-11/h3-7,12,14H,2,8-10H2,1H3,(H,19,21,23). The largest absolute Gasteiger partial charge is 0.331 e. The number of hydrogen-bond acceptors (Lipinski definition) is 4. The van der Waals surface area contributed by atoms with E-state index in [-0.39, 0.29) is 12.6 Å². The van der Waals surface area contributed by atoms with Gasteiger partial charge in [-0.2, -0.15) is 0 Å². The van der Waals surface area contributed by atoms with E-state index >= 15 is 0 Å². The van der Waals surface area contributed by atoms with Crippen LogP contribution in [0.25, 0.3) is 0 Å². The van der Waals surface area contributed by atoms with Crippen molar-refractivity contribution >= 4 is 23.6 Å². The Hall–Kier alpha value is -2.50. The van der Waals surface area contributed by atoms with Gasteiger partial charge >= 0.3 is 6.03 Å². The Morgan fingerprint density at radius 2 is 1.91 bits per heavy atom. The van der Waals surface area contributed by atoms with Gasteiger partial charge in [0.2, 0.25) is 11.8 Å². The summed E-state index contributed by atoms with van der Waals surface area (Å²) in [5, 5.41) is 2.28. The van der Waals surface area contributed by atoms with E-state index in [0.29, 0.717) is 12.1 Å². The first-order valence-corrected chi connectivity index (χ1v) is 7.87. The molecular weight excluding hydrogens is 294 g/mol. The van der Waals surface area contributed by atoms with E-state index in [1.807, 2.05) is 37.3 Å². The summed E-state index contributed by atoms with van der Waals surface area (Å²) in [6.45, 7) is 2.02. The van der Waals surface area contributed by atoms with Crippen molar-refractivity contribution in [1.82, 2.24) is 10.2 Å². The first-order valence-electron chi connectivity index (χ1n) is 7.87. The number of amides is 4. The van der Waals surface area contributed by atoms with Gasteiger partial charge in [0.1, 0.15) is 0 Å². The Kier molecular flexibility index (Phi) is 4.23. The van der Waals surface area contributed by atoms with Crippen LogP contribution in [0.3, 0.4) is 0 Å². The van der Waals surface area contributed by atoms with Gasteiger partial charge in [-0.05, 0) is 24.8 Å². The predicted molar refractivity (Wildman–Crippen MR) is 84.8 cm³/mol. The van der Waals surface area contributed by atoms with Crippen molar-refractivity contribution < 1.29 is 14.4 Å². The van der Waals surface area contributed by atoms with E-state index in [2.05, 4.69) is 10.3 Å². The SMILES string of the molecule is CCC(=NC1CC1)C1C(=O)NC(=O)N(Cc2ccccc2)C1=O. The monoisotopic (exact) mass is 313 g/mol. The lowest BCUT2D eigenvalue weighted by Crippen LogP contribution is -2.59. The number of urea groups is 1. The lowest BCUT2D eigenvalue weighted by atomic mass is 9.96. The number of rotatable bonds is 5. The maximum absolute atomic E-state index is 12.7. The van der Waals surface area contributed by atoms with E-state index in [1.54, 1.807) is 0 Å². The summed E-state index contributed by atoms with van der Waals surface area (Å²) >= 11 is 0. The van der Waals surface area contributed by atoms with E-state index in [0.717, 1.165) is 23.3 Å². The van der Waals surface area contributed by atoms with E-state index in [9.17, 15) is 14.4 Å². The van der Waals surface area contributed by atoms with Crippen molar-refractivity contribution in [2.75, 3.05) is 0 Å². The zero-order chi connectivity index (χ0) is 16.4. The second kappa shape index (κ2) is 6.32. The minimum atomic E-state index is -0.984. The Morgan fingerprint density at radius 1 is 1.22 bits per heavy atom. The Balaban J connectivity index is 1.84. The molecule has 0 aromatic heterocycles. The third-order valence-corrected chi connectivity index (χ3v) is 4.02. The number of nitrogens with zero attached hydrogens (tertiary/aromatic N) is 2. The zero-order valence-electron chi connectivity index (χ0n) is 13.0. The van der Waals surface area contributed by atoms with Crippen molar-refractivity contribution in [1.29, 1.82) is 0 Å². The molecule has 0 bridgehead atoms. The number of hydrogen-bond donors (Lipinski definition) is 1. The topological polar surface area (TPSA) is 78.8 Å². The molecule has 0 spiro atoms. The molecule has 1 atom stereocenters. The molecular formula is C17H19N3O3. The van der Waals surface area contributed by atoms with E-state index in [1.165, 1.54) is 0 Å². The van der Waals surface area contributed by atoms with E-state index in [4.69, 9.17) is 0 Å². The highest BCUT2D eigenvalue weighted by molar-refractivity contribution is 6.27. The third-order valence-electron chi connectivity index (χ3n) is 4.02. The van der Waals surface area contributed by atoms with Crippen molar-refractivity contribution in [3.8, 4) is 0 Å². The van der Waals surface area contributed by atoms with Gasteiger partial charge in [0.15, 0.2) is 5.92 Å². The molecule has 1 heterocycles. The van der Waals surface area contributed by atoms with Gasteiger partial charge in [-0.15, -0.1) is 0 Å².